The second-order valence-electron chi connectivity index (χ2n) is 8.74. The molecule has 0 aromatic heterocycles. The van der Waals surface area contributed by atoms with Gasteiger partial charge in [-0.2, -0.15) is 0 Å². The van der Waals surface area contributed by atoms with Gasteiger partial charge in [-0.1, -0.05) is 54.6 Å². The maximum absolute atomic E-state index is 12.8. The summed E-state index contributed by atoms with van der Waals surface area (Å²) in [5, 5.41) is 3.08. The van der Waals surface area contributed by atoms with Gasteiger partial charge in [0.05, 0.1) is 18.5 Å². The van der Waals surface area contributed by atoms with Crippen molar-refractivity contribution in [2.75, 3.05) is 10.6 Å². The predicted octanol–water partition coefficient (Wildman–Crippen LogP) is 4.71. The van der Waals surface area contributed by atoms with Crippen LogP contribution < -0.4 is 9.62 Å². The molecule has 0 saturated heterocycles. The first-order valence-electron chi connectivity index (χ1n) is 10.5. The lowest BCUT2D eigenvalue weighted by atomic mass is 9.94. The van der Waals surface area contributed by atoms with Crippen molar-refractivity contribution in [3.63, 3.8) is 0 Å². The molecule has 0 aliphatic heterocycles. The molecule has 0 heterocycles. The predicted molar refractivity (Wildman–Crippen MR) is 130 cm³/mol. The minimum atomic E-state index is -3.50. The number of benzene rings is 3. The summed E-state index contributed by atoms with van der Waals surface area (Å²) in [6.07, 6.45) is 1.90. The average Bonchev–Trinajstić information content (AvgIpc) is 2.72. The van der Waals surface area contributed by atoms with E-state index in [2.05, 4.69) is 5.32 Å². The Morgan fingerprint density at radius 3 is 2.09 bits per heavy atom. The molecule has 5 nitrogen and oxygen atoms in total. The monoisotopic (exact) mass is 450 g/mol. The third-order valence-corrected chi connectivity index (χ3v) is 6.47. The van der Waals surface area contributed by atoms with E-state index in [9.17, 15) is 13.2 Å². The molecule has 0 atom stereocenters. The van der Waals surface area contributed by atoms with Gasteiger partial charge in [-0.3, -0.25) is 9.10 Å². The van der Waals surface area contributed by atoms with E-state index in [1.165, 1.54) is 10.6 Å². The standard InChI is InChI=1S/C26H30N2O3S/c1-20-10-8-9-13-23(20)19-28(32(4,30)31)24-16-14-22(15-17-24)25(29)27-26(2,3)18-21-11-6-5-7-12-21/h5-17H,18-19H2,1-4H3,(H,27,29). The van der Waals surface area contributed by atoms with Crippen LogP contribution in [-0.2, 0) is 23.0 Å². The SMILES string of the molecule is Cc1ccccc1CN(c1ccc(C(=O)NC(C)(C)Cc2ccccc2)cc1)S(C)(=O)=O. The third-order valence-electron chi connectivity index (χ3n) is 5.33. The van der Waals surface area contributed by atoms with E-state index in [0.717, 1.165) is 16.7 Å². The fraction of sp³-hybridized carbons (Fsp3) is 0.269. The number of hydrogen-bond donors (Lipinski definition) is 1. The Labute approximate surface area is 191 Å². The van der Waals surface area contributed by atoms with E-state index in [1.54, 1.807) is 24.3 Å². The molecule has 168 valence electrons. The molecule has 0 saturated carbocycles. The number of hydrogen-bond acceptors (Lipinski definition) is 3. The van der Waals surface area contributed by atoms with Crippen LogP contribution in [0.15, 0.2) is 78.9 Å². The molecule has 1 amide bonds. The molecule has 6 heteroatoms. The average molecular weight is 451 g/mol. The van der Waals surface area contributed by atoms with Crippen LogP contribution in [0.3, 0.4) is 0 Å². The molecule has 0 bridgehead atoms. The van der Waals surface area contributed by atoms with Crippen molar-refractivity contribution in [2.45, 2.75) is 39.3 Å². The molecule has 3 rings (SSSR count). The number of nitrogens with zero attached hydrogens (tertiary/aromatic N) is 1. The van der Waals surface area contributed by atoms with Gasteiger partial charge in [0.25, 0.3) is 5.91 Å². The van der Waals surface area contributed by atoms with E-state index >= 15 is 0 Å². The minimum absolute atomic E-state index is 0.192. The van der Waals surface area contributed by atoms with Crippen LogP contribution in [0.2, 0.25) is 0 Å². The normalized spacial score (nSPS) is 11.8. The van der Waals surface area contributed by atoms with Crippen molar-refractivity contribution in [3.05, 3.63) is 101 Å². The molecule has 0 aliphatic rings. The number of anilines is 1. The molecule has 32 heavy (non-hydrogen) atoms. The summed E-state index contributed by atoms with van der Waals surface area (Å²) in [6.45, 7) is 6.17. The Morgan fingerprint density at radius 2 is 1.50 bits per heavy atom. The van der Waals surface area contributed by atoms with Gasteiger partial charge in [-0.15, -0.1) is 0 Å². The van der Waals surface area contributed by atoms with E-state index in [1.807, 2.05) is 75.4 Å². The maximum Gasteiger partial charge on any atom is 0.251 e. The van der Waals surface area contributed by atoms with Crippen LogP contribution in [0.25, 0.3) is 0 Å². The van der Waals surface area contributed by atoms with Crippen molar-refractivity contribution >= 4 is 21.6 Å². The van der Waals surface area contributed by atoms with E-state index in [-0.39, 0.29) is 12.5 Å². The van der Waals surface area contributed by atoms with Crippen molar-refractivity contribution in [1.29, 1.82) is 0 Å². The fourth-order valence-electron chi connectivity index (χ4n) is 3.65. The zero-order valence-corrected chi connectivity index (χ0v) is 19.8. The number of amides is 1. The maximum atomic E-state index is 12.8. The summed E-state index contributed by atoms with van der Waals surface area (Å²) in [5.41, 5.74) is 3.68. The summed E-state index contributed by atoms with van der Waals surface area (Å²) in [7, 11) is -3.50. The van der Waals surface area contributed by atoms with Gasteiger partial charge in [0.2, 0.25) is 10.0 Å². The molecule has 3 aromatic carbocycles. The molecule has 0 spiro atoms. The summed E-state index contributed by atoms with van der Waals surface area (Å²) >= 11 is 0. The van der Waals surface area contributed by atoms with Gasteiger partial charge in [0.1, 0.15) is 0 Å². The summed E-state index contributed by atoms with van der Waals surface area (Å²) in [6, 6.07) is 24.4. The van der Waals surface area contributed by atoms with Crippen molar-refractivity contribution in [2.24, 2.45) is 0 Å². The topological polar surface area (TPSA) is 66.5 Å². The smallest absolute Gasteiger partial charge is 0.251 e. The highest BCUT2D eigenvalue weighted by Crippen LogP contribution is 2.23. The number of sulfonamides is 1. The van der Waals surface area contributed by atoms with Gasteiger partial charge in [0, 0.05) is 11.1 Å². The van der Waals surface area contributed by atoms with Crippen molar-refractivity contribution < 1.29 is 13.2 Å². The minimum Gasteiger partial charge on any atom is -0.347 e. The number of aryl methyl sites for hydroxylation is 1. The second kappa shape index (κ2) is 9.57. The second-order valence-corrected chi connectivity index (χ2v) is 10.7. The summed E-state index contributed by atoms with van der Waals surface area (Å²) < 4.78 is 26.3. The van der Waals surface area contributed by atoms with Crippen LogP contribution >= 0.6 is 0 Å². The van der Waals surface area contributed by atoms with Crippen LogP contribution in [0.5, 0.6) is 0 Å². The molecule has 0 aliphatic carbocycles. The Morgan fingerprint density at radius 1 is 0.906 bits per heavy atom. The van der Waals surface area contributed by atoms with Gasteiger partial charge in [0.15, 0.2) is 0 Å². The fourth-order valence-corrected chi connectivity index (χ4v) is 4.53. The van der Waals surface area contributed by atoms with Gasteiger partial charge in [-0.25, -0.2) is 8.42 Å². The van der Waals surface area contributed by atoms with Crippen molar-refractivity contribution in [1.82, 2.24) is 5.32 Å². The Bertz CT molecular complexity index is 1170. The molecule has 3 aromatic rings. The third kappa shape index (κ3) is 6.20. The largest absolute Gasteiger partial charge is 0.347 e. The lowest BCUT2D eigenvalue weighted by molar-refractivity contribution is 0.0913. The molecule has 0 fully saturated rings. The van der Waals surface area contributed by atoms with Crippen LogP contribution in [0.4, 0.5) is 5.69 Å². The number of nitrogens with one attached hydrogen (secondary N) is 1. The Kier molecular flexibility index (Phi) is 7.04. The Hall–Kier alpha value is -3.12. The first kappa shape index (κ1) is 23.5. The molecule has 0 radical (unpaired) electrons. The Balaban J connectivity index is 1.76. The van der Waals surface area contributed by atoms with E-state index in [0.29, 0.717) is 17.7 Å². The molecule has 0 unspecified atom stereocenters. The molecular weight excluding hydrogens is 420 g/mol. The number of carbonyl (C=O) groups excluding carboxylic acids is 1. The first-order chi connectivity index (χ1) is 15.0. The van der Waals surface area contributed by atoms with Gasteiger partial charge >= 0.3 is 0 Å². The van der Waals surface area contributed by atoms with Crippen molar-refractivity contribution in [3.8, 4) is 0 Å². The summed E-state index contributed by atoms with van der Waals surface area (Å²) in [5.74, 6) is -0.192. The number of rotatable bonds is 8. The zero-order valence-electron chi connectivity index (χ0n) is 19.0. The van der Waals surface area contributed by atoms with E-state index in [4.69, 9.17) is 0 Å². The van der Waals surface area contributed by atoms with Gasteiger partial charge in [-0.05, 0) is 68.1 Å². The highest BCUT2D eigenvalue weighted by atomic mass is 32.2. The van der Waals surface area contributed by atoms with Crippen LogP contribution in [0, 0.1) is 6.92 Å². The van der Waals surface area contributed by atoms with Gasteiger partial charge < -0.3 is 5.32 Å². The highest BCUT2D eigenvalue weighted by molar-refractivity contribution is 7.92. The van der Waals surface area contributed by atoms with E-state index < -0.39 is 15.6 Å². The number of carbonyl (C=O) groups is 1. The van der Waals surface area contributed by atoms with Crippen LogP contribution in [0.1, 0.15) is 40.9 Å². The zero-order chi connectivity index (χ0) is 23.4. The van der Waals surface area contributed by atoms with Crippen LogP contribution in [-0.4, -0.2) is 26.1 Å². The highest BCUT2D eigenvalue weighted by Gasteiger charge is 2.23. The summed E-state index contributed by atoms with van der Waals surface area (Å²) in [4.78, 5) is 12.8. The lowest BCUT2D eigenvalue weighted by Crippen LogP contribution is -2.45. The molecule has 1 N–H and O–H groups in total. The first-order valence-corrected chi connectivity index (χ1v) is 12.4. The lowest BCUT2D eigenvalue weighted by Gasteiger charge is -2.27. The quantitative estimate of drug-likeness (QED) is 0.540. The molecular formula is C26H30N2O3S.